The summed E-state index contributed by atoms with van der Waals surface area (Å²) in [6, 6.07) is 8.24. The average molecular weight is 236 g/mol. The van der Waals surface area contributed by atoms with Crippen LogP contribution in [0.5, 0.6) is 0 Å². The number of hydrogen-bond donors (Lipinski definition) is 0. The van der Waals surface area contributed by atoms with Gasteiger partial charge in [0.25, 0.3) is 0 Å². The van der Waals surface area contributed by atoms with Gasteiger partial charge < -0.3 is 4.90 Å². The predicted molar refractivity (Wildman–Crippen MR) is 68.1 cm³/mol. The Morgan fingerprint density at radius 1 is 1.31 bits per heavy atom. The number of para-hydroxylation sites is 1. The molecule has 1 aromatic carbocycles. The third kappa shape index (κ3) is 1.95. The first-order valence-electron chi connectivity index (χ1n) is 5.22. The highest BCUT2D eigenvalue weighted by Crippen LogP contribution is 2.22. The van der Waals surface area contributed by atoms with Crippen LogP contribution in [-0.4, -0.2) is 28.9 Å². The fourth-order valence-corrected chi connectivity index (χ4v) is 1.79. The maximum absolute atomic E-state index is 5.86. The molecule has 2 rings (SSSR count). The van der Waals surface area contributed by atoms with Crippen LogP contribution in [0.2, 0.25) is 0 Å². The lowest BCUT2D eigenvalue weighted by molar-refractivity contribution is 0.751. The number of aromatic nitrogens is 2. The number of fused-ring (bicyclic) bond motifs is 1. The second-order valence-electron chi connectivity index (χ2n) is 3.83. The van der Waals surface area contributed by atoms with E-state index in [0.717, 1.165) is 16.7 Å². The van der Waals surface area contributed by atoms with E-state index in [1.807, 2.05) is 31.3 Å². The first-order valence-corrected chi connectivity index (χ1v) is 5.76. The molecule has 84 valence electrons. The molecule has 0 spiro atoms. The first-order chi connectivity index (χ1) is 7.74. The SMILES string of the molecule is CC(CCl)N(C)c1ncnc2ccccc12. The summed E-state index contributed by atoms with van der Waals surface area (Å²) in [7, 11) is 2.00. The fraction of sp³-hybridized carbons (Fsp3) is 0.333. The van der Waals surface area contributed by atoms with Crippen LogP contribution < -0.4 is 4.90 Å². The van der Waals surface area contributed by atoms with E-state index in [4.69, 9.17) is 11.6 Å². The van der Waals surface area contributed by atoms with Crippen LogP contribution >= 0.6 is 11.6 Å². The monoisotopic (exact) mass is 235 g/mol. The summed E-state index contributed by atoms with van der Waals surface area (Å²) >= 11 is 5.86. The molecule has 0 bridgehead atoms. The molecule has 1 aromatic heterocycles. The number of benzene rings is 1. The molecule has 0 fully saturated rings. The topological polar surface area (TPSA) is 29.0 Å². The van der Waals surface area contributed by atoms with Crippen molar-refractivity contribution in [1.29, 1.82) is 0 Å². The molecule has 1 atom stereocenters. The highest BCUT2D eigenvalue weighted by molar-refractivity contribution is 6.18. The van der Waals surface area contributed by atoms with Gasteiger partial charge in [0.2, 0.25) is 0 Å². The van der Waals surface area contributed by atoms with Crippen molar-refractivity contribution in [3.05, 3.63) is 30.6 Å². The van der Waals surface area contributed by atoms with Gasteiger partial charge in [-0.15, -0.1) is 11.6 Å². The van der Waals surface area contributed by atoms with Crippen LogP contribution in [0.4, 0.5) is 5.82 Å². The molecule has 0 radical (unpaired) electrons. The van der Waals surface area contributed by atoms with Crippen molar-refractivity contribution >= 4 is 28.3 Å². The lowest BCUT2D eigenvalue weighted by Crippen LogP contribution is -2.31. The molecule has 0 saturated carbocycles. The number of hydrogen-bond acceptors (Lipinski definition) is 3. The third-order valence-electron chi connectivity index (χ3n) is 2.74. The Morgan fingerprint density at radius 2 is 2.06 bits per heavy atom. The molecule has 4 heteroatoms. The van der Waals surface area contributed by atoms with Gasteiger partial charge in [0.1, 0.15) is 12.1 Å². The molecule has 1 heterocycles. The van der Waals surface area contributed by atoms with E-state index >= 15 is 0 Å². The zero-order chi connectivity index (χ0) is 11.5. The summed E-state index contributed by atoms with van der Waals surface area (Å²) in [6.45, 7) is 2.07. The number of alkyl halides is 1. The second-order valence-corrected chi connectivity index (χ2v) is 4.14. The van der Waals surface area contributed by atoms with Gasteiger partial charge in [-0.2, -0.15) is 0 Å². The van der Waals surface area contributed by atoms with Crippen LogP contribution in [0.15, 0.2) is 30.6 Å². The number of nitrogens with zero attached hydrogens (tertiary/aromatic N) is 3. The van der Waals surface area contributed by atoms with Crippen LogP contribution in [0.1, 0.15) is 6.92 Å². The van der Waals surface area contributed by atoms with Gasteiger partial charge in [0, 0.05) is 24.4 Å². The lowest BCUT2D eigenvalue weighted by Gasteiger charge is -2.24. The normalized spacial score (nSPS) is 12.7. The minimum Gasteiger partial charge on any atom is -0.355 e. The molecular formula is C12H14ClN3. The van der Waals surface area contributed by atoms with Gasteiger partial charge >= 0.3 is 0 Å². The zero-order valence-corrected chi connectivity index (χ0v) is 10.1. The molecular weight excluding hydrogens is 222 g/mol. The van der Waals surface area contributed by atoms with Crippen molar-refractivity contribution in [2.45, 2.75) is 13.0 Å². The Morgan fingerprint density at radius 3 is 2.81 bits per heavy atom. The summed E-state index contributed by atoms with van der Waals surface area (Å²) < 4.78 is 0. The van der Waals surface area contributed by atoms with Gasteiger partial charge in [-0.05, 0) is 19.1 Å². The van der Waals surface area contributed by atoms with Gasteiger partial charge in [0.05, 0.1) is 5.52 Å². The zero-order valence-electron chi connectivity index (χ0n) is 9.39. The van der Waals surface area contributed by atoms with Gasteiger partial charge in [-0.25, -0.2) is 9.97 Å². The van der Waals surface area contributed by atoms with E-state index in [0.29, 0.717) is 5.88 Å². The van der Waals surface area contributed by atoms with Crippen molar-refractivity contribution in [3.63, 3.8) is 0 Å². The van der Waals surface area contributed by atoms with Crippen LogP contribution in [0.3, 0.4) is 0 Å². The highest BCUT2D eigenvalue weighted by Gasteiger charge is 2.12. The van der Waals surface area contributed by atoms with Gasteiger partial charge in [-0.3, -0.25) is 0 Å². The standard InChI is InChI=1S/C12H14ClN3/c1-9(7-13)16(2)12-10-5-3-4-6-11(10)14-8-15-12/h3-6,8-9H,7H2,1-2H3. The van der Waals surface area contributed by atoms with E-state index in [9.17, 15) is 0 Å². The van der Waals surface area contributed by atoms with Crippen molar-refractivity contribution < 1.29 is 0 Å². The Bertz CT molecular complexity index is 481. The van der Waals surface area contributed by atoms with Crippen molar-refractivity contribution in [2.24, 2.45) is 0 Å². The molecule has 0 aliphatic heterocycles. The Labute approximate surface area is 100 Å². The number of anilines is 1. The van der Waals surface area contributed by atoms with Gasteiger partial charge in [-0.1, -0.05) is 12.1 Å². The van der Waals surface area contributed by atoms with E-state index in [2.05, 4.69) is 21.8 Å². The van der Waals surface area contributed by atoms with Crippen molar-refractivity contribution in [1.82, 2.24) is 9.97 Å². The molecule has 1 unspecified atom stereocenters. The first kappa shape index (κ1) is 11.1. The predicted octanol–water partition coefficient (Wildman–Crippen LogP) is 2.69. The van der Waals surface area contributed by atoms with Crippen LogP contribution in [-0.2, 0) is 0 Å². The van der Waals surface area contributed by atoms with E-state index in [1.165, 1.54) is 0 Å². The Balaban J connectivity index is 2.52. The van der Waals surface area contributed by atoms with Crippen LogP contribution in [0, 0.1) is 0 Å². The smallest absolute Gasteiger partial charge is 0.139 e. The summed E-state index contributed by atoms with van der Waals surface area (Å²) in [5.74, 6) is 1.51. The highest BCUT2D eigenvalue weighted by atomic mass is 35.5. The maximum Gasteiger partial charge on any atom is 0.139 e. The average Bonchev–Trinajstić information content (AvgIpc) is 2.36. The van der Waals surface area contributed by atoms with Crippen LogP contribution in [0.25, 0.3) is 10.9 Å². The largest absolute Gasteiger partial charge is 0.355 e. The lowest BCUT2D eigenvalue weighted by atomic mass is 10.2. The molecule has 16 heavy (non-hydrogen) atoms. The van der Waals surface area contributed by atoms with Gasteiger partial charge in [0.15, 0.2) is 0 Å². The third-order valence-corrected chi connectivity index (χ3v) is 3.19. The molecule has 0 aliphatic carbocycles. The summed E-state index contributed by atoms with van der Waals surface area (Å²) in [5, 5.41) is 1.06. The van der Waals surface area contributed by atoms with E-state index < -0.39 is 0 Å². The summed E-state index contributed by atoms with van der Waals surface area (Å²) in [5.41, 5.74) is 0.959. The number of halogens is 1. The van der Waals surface area contributed by atoms with E-state index in [-0.39, 0.29) is 6.04 Å². The maximum atomic E-state index is 5.86. The van der Waals surface area contributed by atoms with E-state index in [1.54, 1.807) is 6.33 Å². The summed E-state index contributed by atoms with van der Waals surface area (Å²) in [4.78, 5) is 10.7. The fourth-order valence-electron chi connectivity index (χ4n) is 1.58. The summed E-state index contributed by atoms with van der Waals surface area (Å²) in [6.07, 6.45) is 1.59. The second kappa shape index (κ2) is 4.66. The number of rotatable bonds is 3. The quantitative estimate of drug-likeness (QED) is 0.766. The Hall–Kier alpha value is -1.35. The molecule has 0 amide bonds. The molecule has 0 aliphatic rings. The van der Waals surface area contributed by atoms with Crippen molar-refractivity contribution in [3.8, 4) is 0 Å². The Kier molecular flexibility index (Phi) is 3.25. The minimum absolute atomic E-state index is 0.250. The van der Waals surface area contributed by atoms with Crippen molar-refractivity contribution in [2.75, 3.05) is 17.8 Å². The molecule has 0 N–H and O–H groups in total. The minimum atomic E-state index is 0.250. The molecule has 0 saturated heterocycles. The molecule has 3 nitrogen and oxygen atoms in total. The molecule has 2 aromatic rings.